The van der Waals surface area contributed by atoms with E-state index in [1.807, 2.05) is 0 Å². The van der Waals surface area contributed by atoms with Gasteiger partial charge in [0, 0.05) is 32.3 Å². The van der Waals surface area contributed by atoms with Gasteiger partial charge < -0.3 is 10.1 Å². The lowest BCUT2D eigenvalue weighted by atomic mass is 10.2. The fourth-order valence-electron chi connectivity index (χ4n) is 2.91. The minimum absolute atomic E-state index is 0.0654. The molecule has 0 aliphatic carbocycles. The lowest BCUT2D eigenvalue weighted by molar-refractivity contribution is 0.0952. The van der Waals surface area contributed by atoms with Gasteiger partial charge in [-0.1, -0.05) is 32.3 Å². The molecule has 1 aliphatic rings. The van der Waals surface area contributed by atoms with Crippen LogP contribution in [0.1, 0.15) is 49.4 Å². The van der Waals surface area contributed by atoms with Crippen molar-refractivity contribution >= 4 is 15.9 Å². The number of sulfonamides is 1. The normalized spacial score (nSPS) is 18.4. The van der Waals surface area contributed by atoms with E-state index in [2.05, 4.69) is 12.2 Å². The number of hydrogen-bond acceptors (Lipinski definition) is 4. The molecule has 0 radical (unpaired) electrons. The van der Waals surface area contributed by atoms with Crippen molar-refractivity contribution in [3.05, 3.63) is 29.8 Å². The number of rotatable bonds is 9. The van der Waals surface area contributed by atoms with Gasteiger partial charge in [0.25, 0.3) is 5.91 Å². The molecule has 6 nitrogen and oxygen atoms in total. The van der Waals surface area contributed by atoms with E-state index in [1.54, 1.807) is 19.2 Å². The molecule has 0 bridgehead atoms. The van der Waals surface area contributed by atoms with Gasteiger partial charge in [0.15, 0.2) is 0 Å². The van der Waals surface area contributed by atoms with Crippen LogP contribution in [0.15, 0.2) is 29.2 Å². The smallest absolute Gasteiger partial charge is 0.251 e. The SMILES string of the molecule is CCCCCCNC(=O)c1cccc(S(=O)(=O)N2CC[C@@H](OC)C2)c1. The first-order valence-electron chi connectivity index (χ1n) is 8.90. The van der Waals surface area contributed by atoms with Crippen LogP contribution in [0.3, 0.4) is 0 Å². The number of carbonyl (C=O) groups is 1. The van der Waals surface area contributed by atoms with Crippen molar-refractivity contribution in [2.75, 3.05) is 26.7 Å². The van der Waals surface area contributed by atoms with Crippen LogP contribution in [0, 0.1) is 0 Å². The molecular weight excluding hydrogens is 340 g/mol. The van der Waals surface area contributed by atoms with Crippen LogP contribution in [-0.2, 0) is 14.8 Å². The Labute approximate surface area is 150 Å². The molecule has 140 valence electrons. The number of benzene rings is 1. The summed E-state index contributed by atoms with van der Waals surface area (Å²) in [6, 6.07) is 6.25. The second-order valence-corrected chi connectivity index (χ2v) is 8.29. The summed E-state index contributed by atoms with van der Waals surface area (Å²) in [7, 11) is -2.01. The monoisotopic (exact) mass is 368 g/mol. The molecule has 0 unspecified atom stereocenters. The largest absolute Gasteiger partial charge is 0.380 e. The van der Waals surface area contributed by atoms with Gasteiger partial charge in [-0.05, 0) is 31.0 Å². The number of hydrogen-bond donors (Lipinski definition) is 1. The summed E-state index contributed by atoms with van der Waals surface area (Å²) in [6.45, 7) is 3.54. The zero-order valence-electron chi connectivity index (χ0n) is 15.0. The van der Waals surface area contributed by atoms with E-state index in [1.165, 1.54) is 16.4 Å². The Morgan fingerprint density at radius 2 is 2.12 bits per heavy atom. The lowest BCUT2D eigenvalue weighted by Crippen LogP contribution is -2.30. The number of nitrogens with zero attached hydrogens (tertiary/aromatic N) is 1. The van der Waals surface area contributed by atoms with Crippen molar-refractivity contribution in [2.45, 2.75) is 50.0 Å². The van der Waals surface area contributed by atoms with Crippen LogP contribution in [0.25, 0.3) is 0 Å². The second-order valence-electron chi connectivity index (χ2n) is 6.35. The summed E-state index contributed by atoms with van der Waals surface area (Å²) in [5, 5.41) is 2.85. The zero-order valence-corrected chi connectivity index (χ0v) is 15.8. The molecule has 1 fully saturated rings. The molecule has 1 aromatic rings. The summed E-state index contributed by atoms with van der Waals surface area (Å²) in [4.78, 5) is 12.4. The van der Waals surface area contributed by atoms with Crippen molar-refractivity contribution in [1.29, 1.82) is 0 Å². The molecule has 1 amide bonds. The molecule has 1 atom stereocenters. The summed E-state index contributed by atoms with van der Waals surface area (Å²) in [5.41, 5.74) is 0.374. The van der Waals surface area contributed by atoms with Gasteiger partial charge in [0.05, 0.1) is 11.0 Å². The van der Waals surface area contributed by atoms with Crippen LogP contribution >= 0.6 is 0 Å². The lowest BCUT2D eigenvalue weighted by Gasteiger charge is -2.16. The van der Waals surface area contributed by atoms with Crippen LogP contribution < -0.4 is 5.32 Å². The highest BCUT2D eigenvalue weighted by atomic mass is 32.2. The Balaban J connectivity index is 2.01. The average Bonchev–Trinajstić information content (AvgIpc) is 3.11. The summed E-state index contributed by atoms with van der Waals surface area (Å²) < 4.78 is 32.1. The Bertz CT molecular complexity index is 675. The average molecular weight is 368 g/mol. The predicted molar refractivity (Wildman–Crippen MR) is 97.1 cm³/mol. The Kier molecular flexibility index (Phi) is 7.40. The van der Waals surface area contributed by atoms with Crippen LogP contribution in [0.5, 0.6) is 0 Å². The molecule has 1 N–H and O–H groups in total. The van der Waals surface area contributed by atoms with Crippen LogP contribution in [0.4, 0.5) is 0 Å². The first-order chi connectivity index (χ1) is 12.0. The Morgan fingerprint density at radius 1 is 1.32 bits per heavy atom. The third-order valence-corrected chi connectivity index (χ3v) is 6.35. The summed E-state index contributed by atoms with van der Waals surface area (Å²) in [6.07, 6.45) is 4.94. The van der Waals surface area contributed by atoms with Gasteiger partial charge in [-0.15, -0.1) is 0 Å². The number of unbranched alkanes of at least 4 members (excludes halogenated alkanes) is 3. The van der Waals surface area contributed by atoms with Crippen molar-refractivity contribution in [3.8, 4) is 0 Å². The van der Waals surface area contributed by atoms with E-state index < -0.39 is 10.0 Å². The van der Waals surface area contributed by atoms with Gasteiger partial charge in [-0.25, -0.2) is 8.42 Å². The number of methoxy groups -OCH3 is 1. The number of amides is 1. The summed E-state index contributed by atoms with van der Waals surface area (Å²) in [5.74, 6) is -0.232. The zero-order chi connectivity index (χ0) is 18.3. The standard InChI is InChI=1S/C18H28N2O4S/c1-3-4-5-6-11-19-18(21)15-8-7-9-17(13-15)25(22,23)20-12-10-16(14-20)24-2/h7-9,13,16H,3-6,10-12,14H2,1-2H3,(H,19,21)/t16-/m1/s1. The van der Waals surface area contributed by atoms with Gasteiger partial charge in [0.1, 0.15) is 0 Å². The molecule has 2 rings (SSSR count). The highest BCUT2D eigenvalue weighted by Gasteiger charge is 2.32. The minimum atomic E-state index is -3.60. The maximum Gasteiger partial charge on any atom is 0.251 e. The Morgan fingerprint density at radius 3 is 2.80 bits per heavy atom. The number of nitrogens with one attached hydrogen (secondary N) is 1. The molecule has 0 aromatic heterocycles. The first-order valence-corrected chi connectivity index (χ1v) is 10.3. The van der Waals surface area contributed by atoms with Gasteiger partial charge in [-0.2, -0.15) is 4.31 Å². The highest BCUT2D eigenvalue weighted by molar-refractivity contribution is 7.89. The topological polar surface area (TPSA) is 75.7 Å². The first kappa shape index (κ1) is 19.9. The molecule has 1 heterocycles. The van der Waals surface area contributed by atoms with Crippen LogP contribution in [-0.4, -0.2) is 51.5 Å². The minimum Gasteiger partial charge on any atom is -0.380 e. The molecule has 25 heavy (non-hydrogen) atoms. The molecule has 1 aliphatic heterocycles. The van der Waals surface area contributed by atoms with E-state index in [-0.39, 0.29) is 16.9 Å². The van der Waals surface area contributed by atoms with Gasteiger partial charge >= 0.3 is 0 Å². The molecule has 0 spiro atoms. The van der Waals surface area contributed by atoms with Crippen molar-refractivity contribution in [3.63, 3.8) is 0 Å². The Hall–Kier alpha value is -1.44. The van der Waals surface area contributed by atoms with Crippen molar-refractivity contribution in [1.82, 2.24) is 9.62 Å². The molecule has 0 saturated carbocycles. The number of ether oxygens (including phenoxy) is 1. The number of carbonyl (C=O) groups excluding carboxylic acids is 1. The van der Waals surface area contributed by atoms with E-state index >= 15 is 0 Å². The van der Waals surface area contributed by atoms with Crippen molar-refractivity contribution in [2.24, 2.45) is 0 Å². The third kappa shape index (κ3) is 5.26. The second kappa shape index (κ2) is 9.31. The quantitative estimate of drug-likeness (QED) is 0.679. The van der Waals surface area contributed by atoms with Crippen LogP contribution in [0.2, 0.25) is 0 Å². The summed E-state index contributed by atoms with van der Waals surface area (Å²) >= 11 is 0. The molecule has 7 heteroatoms. The van der Waals surface area contributed by atoms with E-state index in [0.717, 1.165) is 25.7 Å². The predicted octanol–water partition coefficient (Wildman–Crippen LogP) is 2.41. The van der Waals surface area contributed by atoms with Crippen molar-refractivity contribution < 1.29 is 17.9 Å². The highest BCUT2D eigenvalue weighted by Crippen LogP contribution is 2.23. The third-order valence-electron chi connectivity index (χ3n) is 4.49. The van der Waals surface area contributed by atoms with E-state index in [9.17, 15) is 13.2 Å². The van der Waals surface area contributed by atoms with Gasteiger partial charge in [0.2, 0.25) is 10.0 Å². The molecule has 1 saturated heterocycles. The maximum absolute atomic E-state index is 12.7. The van der Waals surface area contributed by atoms with Gasteiger partial charge in [-0.3, -0.25) is 4.79 Å². The molecule has 1 aromatic carbocycles. The molecular formula is C18H28N2O4S. The van der Waals surface area contributed by atoms with E-state index in [4.69, 9.17) is 4.74 Å². The maximum atomic E-state index is 12.7. The van der Waals surface area contributed by atoms with E-state index in [0.29, 0.717) is 31.6 Å². The fourth-order valence-corrected chi connectivity index (χ4v) is 4.44. The fraction of sp³-hybridized carbons (Fsp3) is 0.611.